The van der Waals surface area contributed by atoms with Crippen LogP contribution in [0.2, 0.25) is 0 Å². The quantitative estimate of drug-likeness (QED) is 0.395. The summed E-state index contributed by atoms with van der Waals surface area (Å²) >= 11 is 0. The molecule has 4 heavy (non-hydrogen) atoms. The summed E-state index contributed by atoms with van der Waals surface area (Å²) in [5.41, 5.74) is 0. The molecule has 0 fully saturated rings. The van der Waals surface area contributed by atoms with Crippen LogP contribution in [0.4, 0.5) is 0 Å². The van der Waals surface area contributed by atoms with Gasteiger partial charge in [0.15, 0.2) is 17.4 Å². The first-order valence-electron chi connectivity index (χ1n) is 0. The van der Waals surface area contributed by atoms with Gasteiger partial charge in [0, 0.05) is 0 Å². The molecule has 0 saturated carbocycles. The molecule has 0 saturated heterocycles. The second kappa shape index (κ2) is 17.7. The van der Waals surface area contributed by atoms with Crippen LogP contribution in [-0.2, 0) is 0 Å². The van der Waals surface area contributed by atoms with Gasteiger partial charge in [0.05, 0.1) is 0 Å². The molecule has 0 radical (unpaired) electrons. The average molecular weight is 305 g/mol. The fourth-order valence-corrected chi connectivity index (χ4v) is 0. The first kappa shape index (κ1) is 31.1. The van der Waals surface area contributed by atoms with E-state index in [1.807, 2.05) is 0 Å². The van der Waals surface area contributed by atoms with Gasteiger partial charge >= 0.3 is 62.2 Å². The third-order valence-electron chi connectivity index (χ3n) is 0. The molecule has 0 aromatic rings. The SMILES string of the molecule is [AlH3].[AsH3].[GaH3].[SbH3]. The standard InChI is InChI=1S/Al.AsH3.Ga.Sb.9H/h;1H3;;;;;;;;;;;. The van der Waals surface area contributed by atoms with Crippen molar-refractivity contribution >= 4 is 79.5 Å². The van der Waals surface area contributed by atoms with Crippen LogP contribution in [0.3, 0.4) is 0 Å². The summed E-state index contributed by atoms with van der Waals surface area (Å²) in [4.78, 5) is 0. The Kier molecular flexibility index (Phi) is 137. The number of hydrogen-bond donors (Lipinski definition) is 0. The van der Waals surface area contributed by atoms with Gasteiger partial charge in [-0.1, -0.05) is 0 Å². The van der Waals surface area contributed by atoms with Crippen LogP contribution >= 0.6 is 0 Å². The molecule has 0 aliphatic rings. The predicted molar refractivity (Wildman–Crippen MR) is 39.8 cm³/mol. The van der Waals surface area contributed by atoms with Gasteiger partial charge in [0.25, 0.3) is 0 Å². The van der Waals surface area contributed by atoms with Gasteiger partial charge in [-0.3, -0.25) is 0 Å². The molecule has 1 atom stereocenters. The third kappa shape index (κ3) is 8.82. The van der Waals surface area contributed by atoms with Gasteiger partial charge in [-0.2, -0.15) is 0 Å². The van der Waals surface area contributed by atoms with Crippen LogP contribution in [-0.4, -0.2) is 79.5 Å². The van der Waals surface area contributed by atoms with Gasteiger partial charge in [-0.15, -0.1) is 0 Å². The fraction of sp³-hybridized carbons (Fsp3) is 0. The minimum atomic E-state index is 0. The molecule has 0 bridgehead atoms. The summed E-state index contributed by atoms with van der Waals surface area (Å²) in [6, 6.07) is 0. The molecule has 0 aromatic carbocycles. The van der Waals surface area contributed by atoms with E-state index in [0.717, 1.165) is 0 Å². The summed E-state index contributed by atoms with van der Waals surface area (Å²) in [6.07, 6.45) is 0. The average Bonchev–Trinajstić information content (AvgIpc) is 0. The van der Waals surface area contributed by atoms with Crippen molar-refractivity contribution in [2.24, 2.45) is 0 Å². The monoisotopic (exact) mass is 304 g/mol. The Bertz CT molecular complexity index is 8.00. The van der Waals surface area contributed by atoms with E-state index in [2.05, 4.69) is 0 Å². The Morgan fingerprint density at radius 3 is 1.00 bits per heavy atom. The zero-order valence-corrected chi connectivity index (χ0v) is 8.42. The minimum absolute atomic E-state index is 0. The zero-order valence-electron chi connectivity index (χ0n) is 1.41. The summed E-state index contributed by atoms with van der Waals surface area (Å²) < 4.78 is 0. The van der Waals surface area contributed by atoms with E-state index in [1.165, 1.54) is 0 Å². The Hall–Kier alpha value is 2.55. The fourth-order valence-electron chi connectivity index (χ4n) is 0. The van der Waals surface area contributed by atoms with Gasteiger partial charge in [-0.25, -0.2) is 0 Å². The molecule has 0 heterocycles. The van der Waals surface area contributed by atoms with Crippen molar-refractivity contribution in [2.45, 2.75) is 0 Å². The van der Waals surface area contributed by atoms with E-state index in [4.69, 9.17) is 0 Å². The summed E-state index contributed by atoms with van der Waals surface area (Å²) in [5.74, 6) is 0. The molecular weight excluding hydrogens is 293 g/mol. The number of rotatable bonds is 0. The summed E-state index contributed by atoms with van der Waals surface area (Å²) in [6.45, 7) is 0. The number of hydrogen-bond acceptors (Lipinski definition) is 0. The summed E-state index contributed by atoms with van der Waals surface area (Å²) in [7, 11) is 0. The first-order valence-corrected chi connectivity index (χ1v) is 0. The third-order valence-corrected chi connectivity index (χ3v) is 0. The van der Waals surface area contributed by atoms with Crippen molar-refractivity contribution in [3.63, 3.8) is 0 Å². The molecule has 1 unspecified atom stereocenters. The molecule has 0 aromatic heterocycles. The predicted octanol–water partition coefficient (Wildman–Crippen LogP) is -4.74. The van der Waals surface area contributed by atoms with Crippen LogP contribution < -0.4 is 0 Å². The van der Waals surface area contributed by atoms with Crippen molar-refractivity contribution < 1.29 is 0 Å². The van der Waals surface area contributed by atoms with Crippen LogP contribution in [0, 0.1) is 0 Å². The molecule has 0 spiro atoms. The second-order valence-electron chi connectivity index (χ2n) is 0. The van der Waals surface area contributed by atoms with Gasteiger partial charge in [0.2, 0.25) is 0 Å². The molecular formula is H12AlAsGaSb. The molecule has 0 nitrogen and oxygen atoms in total. The summed E-state index contributed by atoms with van der Waals surface area (Å²) in [5, 5.41) is 0. The van der Waals surface area contributed by atoms with E-state index in [0.29, 0.717) is 0 Å². The van der Waals surface area contributed by atoms with Crippen molar-refractivity contribution in [1.29, 1.82) is 0 Å². The molecule has 0 rings (SSSR count). The molecule has 0 N–H and O–H groups in total. The molecule has 28 valence electrons. The zero-order chi connectivity index (χ0) is 0. The van der Waals surface area contributed by atoms with Crippen LogP contribution in [0.25, 0.3) is 0 Å². The van der Waals surface area contributed by atoms with Crippen molar-refractivity contribution in [3.8, 4) is 0 Å². The normalized spacial score (nSPS) is 0. The van der Waals surface area contributed by atoms with Crippen LogP contribution in [0.5, 0.6) is 0 Å². The topological polar surface area (TPSA) is 0 Å². The van der Waals surface area contributed by atoms with Crippen molar-refractivity contribution in [3.05, 3.63) is 0 Å². The maximum absolute atomic E-state index is 0. The Morgan fingerprint density at radius 2 is 1.00 bits per heavy atom. The van der Waals surface area contributed by atoms with Gasteiger partial charge in [-0.05, 0) is 0 Å². The first-order chi connectivity index (χ1) is 0. The van der Waals surface area contributed by atoms with E-state index < -0.39 is 0 Å². The van der Waals surface area contributed by atoms with Crippen molar-refractivity contribution in [2.75, 3.05) is 0 Å². The van der Waals surface area contributed by atoms with Gasteiger partial charge < -0.3 is 0 Å². The van der Waals surface area contributed by atoms with Crippen molar-refractivity contribution in [1.82, 2.24) is 0 Å². The molecule has 0 aliphatic carbocycles. The van der Waals surface area contributed by atoms with E-state index >= 15 is 0 Å². The molecule has 4 heteroatoms. The molecule has 0 amide bonds. The van der Waals surface area contributed by atoms with E-state index in [9.17, 15) is 0 Å². The Morgan fingerprint density at radius 1 is 1.00 bits per heavy atom. The van der Waals surface area contributed by atoms with Crippen LogP contribution in [0.15, 0.2) is 0 Å². The Balaban J connectivity index is 0. The van der Waals surface area contributed by atoms with Crippen LogP contribution in [0.1, 0.15) is 0 Å². The van der Waals surface area contributed by atoms with E-state index in [-0.39, 0.29) is 79.5 Å². The molecule has 0 aliphatic heterocycles. The maximum atomic E-state index is 0. The Labute approximate surface area is 78.4 Å². The van der Waals surface area contributed by atoms with Gasteiger partial charge in [0.1, 0.15) is 0 Å². The second-order valence-corrected chi connectivity index (χ2v) is 0. The van der Waals surface area contributed by atoms with E-state index in [1.54, 1.807) is 0 Å².